The summed E-state index contributed by atoms with van der Waals surface area (Å²) in [6.45, 7) is 5.35. The lowest BCUT2D eigenvalue weighted by Gasteiger charge is -2.38. The van der Waals surface area contributed by atoms with Crippen LogP contribution in [0.3, 0.4) is 0 Å². The molecule has 49 heavy (non-hydrogen) atoms. The number of aliphatic hydroxyl groups excluding tert-OH is 1. The Morgan fingerprint density at radius 2 is 1.82 bits per heavy atom. The molecule has 0 radical (unpaired) electrons. The third kappa shape index (κ3) is 7.65. The first-order valence-electron chi connectivity index (χ1n) is 16.4. The number of ether oxygens (including phenoxy) is 3. The first-order chi connectivity index (χ1) is 23.1. The zero-order valence-corrected chi connectivity index (χ0v) is 29.5. The highest BCUT2D eigenvalue weighted by molar-refractivity contribution is 7.92. The van der Waals surface area contributed by atoms with Gasteiger partial charge in [-0.25, -0.2) is 21.6 Å². The molecule has 2 aliphatic heterocycles. The molecule has 3 aliphatic rings. The topological polar surface area (TPSA) is 173 Å². The van der Waals surface area contributed by atoms with Crippen molar-refractivity contribution >= 4 is 36.9 Å². The molecule has 1 amide bonds. The molecule has 2 atom stereocenters. The molecule has 15 heteroatoms. The number of carbonyl (C=O) groups excluding carboxylic acids is 1. The predicted octanol–water partition coefficient (Wildman–Crippen LogP) is 3.87. The molecule has 3 aromatic rings. The van der Waals surface area contributed by atoms with Gasteiger partial charge < -0.3 is 29.3 Å². The molecule has 0 unspecified atom stereocenters. The Kier molecular flexibility index (Phi) is 9.61. The molecular formula is C34H43N3O10S2. The van der Waals surface area contributed by atoms with E-state index in [4.69, 9.17) is 14.2 Å². The molecule has 2 N–H and O–H groups in total. The van der Waals surface area contributed by atoms with Crippen molar-refractivity contribution in [2.45, 2.75) is 91.3 Å². The molecule has 1 saturated carbocycles. The van der Waals surface area contributed by atoms with E-state index in [2.05, 4.69) is 4.98 Å². The molecule has 13 nitrogen and oxygen atoms in total. The van der Waals surface area contributed by atoms with Gasteiger partial charge in [-0.3, -0.25) is 4.98 Å². The number of hydrogen-bond acceptors (Lipinski definition) is 11. The van der Waals surface area contributed by atoms with Gasteiger partial charge >= 0.3 is 6.09 Å². The number of fused-ring (bicyclic) bond motifs is 1. The van der Waals surface area contributed by atoms with Gasteiger partial charge in [-0.1, -0.05) is 18.2 Å². The van der Waals surface area contributed by atoms with Crippen molar-refractivity contribution in [2.24, 2.45) is 0 Å². The van der Waals surface area contributed by atoms with Crippen molar-refractivity contribution in [3.63, 3.8) is 0 Å². The number of benzene rings is 2. The molecule has 0 bridgehead atoms. The maximum atomic E-state index is 13.6. The van der Waals surface area contributed by atoms with Gasteiger partial charge in [0.15, 0.2) is 9.84 Å². The van der Waals surface area contributed by atoms with Crippen LogP contribution in [0.2, 0.25) is 0 Å². The number of piperidine rings is 1. The number of aliphatic hydroxyl groups is 1. The third-order valence-corrected chi connectivity index (χ3v) is 13.3. The number of rotatable bonds is 10. The first kappa shape index (κ1) is 35.3. The largest absolute Gasteiger partial charge is 0.506 e. The van der Waals surface area contributed by atoms with Crippen molar-refractivity contribution in [1.29, 1.82) is 0 Å². The average Bonchev–Trinajstić information content (AvgIpc) is 3.85. The Morgan fingerprint density at radius 1 is 1.10 bits per heavy atom. The summed E-state index contributed by atoms with van der Waals surface area (Å²) in [6.07, 6.45) is 1.82. The summed E-state index contributed by atoms with van der Waals surface area (Å²) in [5.74, 6) is -0.0446. The summed E-state index contributed by atoms with van der Waals surface area (Å²) in [4.78, 5) is 19.0. The van der Waals surface area contributed by atoms with Crippen molar-refractivity contribution < 1.29 is 46.1 Å². The van der Waals surface area contributed by atoms with Crippen molar-refractivity contribution in [3.05, 3.63) is 54.7 Å². The first-order valence-corrected chi connectivity index (χ1v) is 19.4. The SMILES string of the molecule is CC(C)(C)OC(=O)N(C[C@H](O)COc1cccc(S(=O)(=O)C2CC2)c1)[C@H]1COC2(CCN(S(=O)(=O)c3cnc4ccccc4c3O)CC2)C1. The Bertz CT molecular complexity index is 1920. The van der Waals surface area contributed by atoms with Gasteiger partial charge in [0.25, 0.3) is 0 Å². The maximum absolute atomic E-state index is 13.6. The van der Waals surface area contributed by atoms with Gasteiger partial charge in [0.05, 0.1) is 46.7 Å². The Morgan fingerprint density at radius 3 is 2.51 bits per heavy atom. The zero-order valence-electron chi connectivity index (χ0n) is 27.8. The number of sulfone groups is 1. The van der Waals surface area contributed by atoms with Crippen LogP contribution in [0.1, 0.15) is 52.9 Å². The molecule has 3 fully saturated rings. The molecule has 1 spiro atoms. The standard InChI is InChI=1S/C34H43N3O10S2/c1-33(2,3)47-32(40)37(20-24(38)22-45-25-7-6-8-27(17-25)48(41,42)26-11-12-26)23-18-34(46-21-23)13-15-36(16-14-34)49(43,44)30-19-35-29-10-5-4-9-28(29)31(30)39/h4-10,17,19,23-24,26,38H,11-16,18,20-22H2,1-3H3,(H,35,39)/t23-,24+/m1/s1. The number of amides is 1. The molecule has 266 valence electrons. The summed E-state index contributed by atoms with van der Waals surface area (Å²) in [6, 6.07) is 12.5. The van der Waals surface area contributed by atoms with E-state index >= 15 is 0 Å². The van der Waals surface area contributed by atoms with E-state index in [1.54, 1.807) is 57.2 Å². The molecule has 3 heterocycles. The highest BCUT2D eigenvalue weighted by Crippen LogP contribution is 2.41. The third-order valence-electron chi connectivity index (χ3n) is 9.17. The van der Waals surface area contributed by atoms with Crippen LogP contribution in [-0.4, -0.2) is 109 Å². The summed E-state index contributed by atoms with van der Waals surface area (Å²) in [7, 11) is -7.46. The minimum Gasteiger partial charge on any atom is -0.506 e. The summed E-state index contributed by atoms with van der Waals surface area (Å²) in [5, 5.41) is 21.8. The van der Waals surface area contributed by atoms with Crippen molar-refractivity contribution in [3.8, 4) is 11.5 Å². The second-order valence-electron chi connectivity index (χ2n) is 14.1. The second kappa shape index (κ2) is 13.3. The normalized spacial score (nSPS) is 20.7. The van der Waals surface area contributed by atoms with Crippen LogP contribution in [0, 0.1) is 0 Å². The van der Waals surface area contributed by atoms with Crippen molar-refractivity contribution in [1.82, 2.24) is 14.2 Å². The number of aromatic hydroxyl groups is 1. The van der Waals surface area contributed by atoms with E-state index in [0.29, 0.717) is 48.8 Å². The van der Waals surface area contributed by atoms with Crippen LogP contribution in [0.5, 0.6) is 11.5 Å². The molecule has 2 aromatic carbocycles. The molecular weight excluding hydrogens is 675 g/mol. The fourth-order valence-electron chi connectivity index (χ4n) is 6.42. The van der Waals surface area contributed by atoms with Crippen LogP contribution in [0.4, 0.5) is 4.79 Å². The Balaban J connectivity index is 1.11. The molecule has 6 rings (SSSR count). The maximum Gasteiger partial charge on any atom is 0.410 e. The lowest BCUT2D eigenvalue weighted by molar-refractivity contribution is -0.0329. The fraction of sp³-hybridized carbons (Fsp3) is 0.529. The van der Waals surface area contributed by atoms with Gasteiger partial charge in [0.2, 0.25) is 10.0 Å². The van der Waals surface area contributed by atoms with Gasteiger partial charge in [-0.2, -0.15) is 4.31 Å². The lowest BCUT2D eigenvalue weighted by atomic mass is 9.88. The number of sulfonamides is 1. The highest BCUT2D eigenvalue weighted by Gasteiger charge is 2.48. The number of aromatic nitrogens is 1. The fourth-order valence-corrected chi connectivity index (χ4v) is 9.59. The average molecular weight is 718 g/mol. The smallest absolute Gasteiger partial charge is 0.410 e. The van der Waals surface area contributed by atoms with Crippen LogP contribution in [-0.2, 0) is 29.3 Å². The van der Waals surface area contributed by atoms with Crippen LogP contribution in [0.25, 0.3) is 10.9 Å². The summed E-state index contributed by atoms with van der Waals surface area (Å²) < 4.78 is 71.5. The number of para-hydroxylation sites is 1. The van der Waals surface area contributed by atoms with E-state index in [0.717, 1.165) is 0 Å². The van der Waals surface area contributed by atoms with E-state index < -0.39 is 49.3 Å². The van der Waals surface area contributed by atoms with E-state index in [1.807, 2.05) is 0 Å². The monoisotopic (exact) mass is 717 g/mol. The lowest BCUT2D eigenvalue weighted by Crippen LogP contribution is -2.50. The van der Waals surface area contributed by atoms with Crippen LogP contribution < -0.4 is 4.74 Å². The second-order valence-corrected chi connectivity index (χ2v) is 18.2. The highest BCUT2D eigenvalue weighted by atomic mass is 32.2. The summed E-state index contributed by atoms with van der Waals surface area (Å²) >= 11 is 0. The van der Waals surface area contributed by atoms with Crippen LogP contribution in [0.15, 0.2) is 64.5 Å². The van der Waals surface area contributed by atoms with Crippen molar-refractivity contribution in [2.75, 3.05) is 32.8 Å². The minimum atomic E-state index is -4.05. The van der Waals surface area contributed by atoms with Gasteiger partial charge in [0.1, 0.15) is 34.7 Å². The summed E-state index contributed by atoms with van der Waals surface area (Å²) in [5.41, 5.74) is -1.01. The van der Waals surface area contributed by atoms with Gasteiger partial charge in [0, 0.05) is 18.5 Å². The van der Waals surface area contributed by atoms with Crippen LogP contribution >= 0.6 is 0 Å². The molecule has 1 aromatic heterocycles. The van der Waals surface area contributed by atoms with E-state index in [1.165, 1.54) is 27.5 Å². The predicted molar refractivity (Wildman–Crippen MR) is 180 cm³/mol. The zero-order chi connectivity index (χ0) is 35.2. The number of pyridine rings is 1. The Hall–Kier alpha value is -3.50. The minimum absolute atomic E-state index is 0.131. The van der Waals surface area contributed by atoms with Gasteiger partial charge in [-0.15, -0.1) is 0 Å². The van der Waals surface area contributed by atoms with E-state index in [9.17, 15) is 31.8 Å². The molecule has 2 saturated heterocycles. The number of hydrogen-bond donors (Lipinski definition) is 2. The quantitative estimate of drug-likeness (QED) is 0.312. The van der Waals surface area contributed by atoms with Gasteiger partial charge in [-0.05, 0) is 83.2 Å². The number of carbonyl (C=O) groups is 1. The Labute approximate surface area is 286 Å². The van der Waals surface area contributed by atoms with E-state index in [-0.39, 0.29) is 53.6 Å². The number of nitrogens with zero attached hydrogens (tertiary/aromatic N) is 3. The molecule has 1 aliphatic carbocycles.